The molecule has 1 saturated heterocycles. The van der Waals surface area contributed by atoms with E-state index >= 15 is 0 Å². The van der Waals surface area contributed by atoms with Crippen LogP contribution in [0.25, 0.3) is 0 Å². The number of rotatable bonds is 6. The van der Waals surface area contributed by atoms with E-state index in [1.54, 1.807) is 0 Å². The van der Waals surface area contributed by atoms with E-state index in [4.69, 9.17) is 0 Å². The highest BCUT2D eigenvalue weighted by molar-refractivity contribution is 8.00. The van der Waals surface area contributed by atoms with E-state index in [0.29, 0.717) is 10.8 Å². The Hall–Kier alpha value is -0.470. The van der Waals surface area contributed by atoms with Gasteiger partial charge in [0, 0.05) is 10.8 Å². The van der Waals surface area contributed by atoms with E-state index < -0.39 is 0 Å². The van der Waals surface area contributed by atoms with Crippen molar-refractivity contribution in [3.8, 4) is 0 Å². The molecule has 0 spiro atoms. The second-order valence-corrected chi connectivity index (χ2v) is 7.38. The molecule has 0 aromatic heterocycles. The molecule has 0 radical (unpaired) electrons. The Morgan fingerprint density at radius 3 is 2.84 bits per heavy atom. The van der Waals surface area contributed by atoms with Crippen molar-refractivity contribution in [2.45, 2.75) is 57.2 Å². The first-order valence-corrected chi connectivity index (χ1v) is 8.64. The summed E-state index contributed by atoms with van der Waals surface area (Å²) in [7, 11) is 0. The zero-order chi connectivity index (χ0) is 13.7. The molecular weight excluding hydrogens is 250 g/mol. The second-order valence-electron chi connectivity index (χ2n) is 5.75. The van der Waals surface area contributed by atoms with Gasteiger partial charge in [-0.3, -0.25) is 0 Å². The zero-order valence-corrected chi connectivity index (χ0v) is 13.4. The summed E-state index contributed by atoms with van der Waals surface area (Å²) in [5, 5.41) is 3.80. The van der Waals surface area contributed by atoms with Crippen molar-refractivity contribution in [2.75, 3.05) is 12.3 Å². The first-order chi connectivity index (χ1) is 9.19. The van der Waals surface area contributed by atoms with Crippen LogP contribution >= 0.6 is 11.8 Å². The summed E-state index contributed by atoms with van der Waals surface area (Å²) in [6, 6.07) is 9.66. The molecule has 1 aliphatic rings. The molecule has 0 bridgehead atoms. The van der Waals surface area contributed by atoms with Crippen molar-refractivity contribution in [2.24, 2.45) is 0 Å². The molecule has 1 aromatic carbocycles. The standard InChI is InChI=1S/C17H27NS/c1-4-11-18-16(17(3)10-7-12-19-17)15-9-6-8-14(5-2)13-15/h6,8-9,13,16,18H,4-5,7,10-12H2,1-3H3. The van der Waals surface area contributed by atoms with Crippen LogP contribution in [0.3, 0.4) is 0 Å². The third kappa shape index (κ3) is 3.55. The number of nitrogens with one attached hydrogen (secondary N) is 1. The van der Waals surface area contributed by atoms with Crippen LogP contribution in [0.2, 0.25) is 0 Å². The van der Waals surface area contributed by atoms with Gasteiger partial charge in [-0.2, -0.15) is 11.8 Å². The van der Waals surface area contributed by atoms with Gasteiger partial charge in [-0.05, 0) is 56.0 Å². The highest BCUT2D eigenvalue weighted by Gasteiger charge is 2.38. The fraction of sp³-hybridized carbons (Fsp3) is 0.647. The molecule has 1 fully saturated rings. The summed E-state index contributed by atoms with van der Waals surface area (Å²) >= 11 is 2.15. The summed E-state index contributed by atoms with van der Waals surface area (Å²) in [6.45, 7) is 8.03. The van der Waals surface area contributed by atoms with Gasteiger partial charge < -0.3 is 5.32 Å². The molecule has 19 heavy (non-hydrogen) atoms. The lowest BCUT2D eigenvalue weighted by atomic mass is 9.89. The van der Waals surface area contributed by atoms with Crippen molar-refractivity contribution in [3.05, 3.63) is 35.4 Å². The van der Waals surface area contributed by atoms with Crippen LogP contribution in [-0.2, 0) is 6.42 Å². The maximum absolute atomic E-state index is 3.80. The third-order valence-electron chi connectivity index (χ3n) is 4.15. The molecule has 2 atom stereocenters. The Labute approximate surface area is 122 Å². The van der Waals surface area contributed by atoms with Gasteiger partial charge in [0.05, 0.1) is 0 Å². The van der Waals surface area contributed by atoms with E-state index in [2.05, 4.69) is 62.1 Å². The molecule has 106 valence electrons. The van der Waals surface area contributed by atoms with Gasteiger partial charge in [0.15, 0.2) is 0 Å². The molecule has 1 aliphatic heterocycles. The summed E-state index contributed by atoms with van der Waals surface area (Å²) in [5.41, 5.74) is 2.93. The highest BCUT2D eigenvalue weighted by Crippen LogP contribution is 2.46. The van der Waals surface area contributed by atoms with Crippen LogP contribution in [0.1, 0.15) is 57.2 Å². The van der Waals surface area contributed by atoms with Crippen molar-refractivity contribution in [3.63, 3.8) is 0 Å². The van der Waals surface area contributed by atoms with Crippen molar-refractivity contribution >= 4 is 11.8 Å². The fourth-order valence-electron chi connectivity index (χ4n) is 3.00. The molecule has 1 aromatic rings. The van der Waals surface area contributed by atoms with E-state index in [0.717, 1.165) is 13.0 Å². The van der Waals surface area contributed by atoms with Crippen molar-refractivity contribution < 1.29 is 0 Å². The average molecular weight is 277 g/mol. The number of hydrogen-bond donors (Lipinski definition) is 1. The third-order valence-corrected chi connectivity index (χ3v) is 5.74. The zero-order valence-electron chi connectivity index (χ0n) is 12.5. The second kappa shape index (κ2) is 6.81. The Morgan fingerprint density at radius 1 is 1.37 bits per heavy atom. The lowest BCUT2D eigenvalue weighted by Crippen LogP contribution is -2.38. The minimum Gasteiger partial charge on any atom is -0.309 e. The first-order valence-electron chi connectivity index (χ1n) is 7.66. The maximum atomic E-state index is 3.80. The number of aryl methyl sites for hydroxylation is 1. The molecule has 2 unspecified atom stereocenters. The quantitative estimate of drug-likeness (QED) is 0.817. The topological polar surface area (TPSA) is 12.0 Å². The van der Waals surface area contributed by atoms with Gasteiger partial charge in [-0.15, -0.1) is 0 Å². The Kier molecular flexibility index (Phi) is 5.35. The Morgan fingerprint density at radius 2 is 2.21 bits per heavy atom. The first kappa shape index (κ1) is 14.9. The molecule has 1 nitrogen and oxygen atoms in total. The minimum absolute atomic E-state index is 0.363. The van der Waals surface area contributed by atoms with Gasteiger partial charge in [-0.25, -0.2) is 0 Å². The largest absolute Gasteiger partial charge is 0.309 e. The average Bonchev–Trinajstić information content (AvgIpc) is 2.87. The van der Waals surface area contributed by atoms with Crippen LogP contribution in [0.5, 0.6) is 0 Å². The smallest absolute Gasteiger partial charge is 0.0466 e. The van der Waals surface area contributed by atoms with Gasteiger partial charge in [0.1, 0.15) is 0 Å². The van der Waals surface area contributed by atoms with Crippen LogP contribution < -0.4 is 5.32 Å². The van der Waals surface area contributed by atoms with Crippen LogP contribution in [-0.4, -0.2) is 17.0 Å². The van der Waals surface area contributed by atoms with Crippen LogP contribution in [0, 0.1) is 0 Å². The molecule has 1 heterocycles. The van der Waals surface area contributed by atoms with Gasteiger partial charge in [0.2, 0.25) is 0 Å². The predicted octanol–water partition coefficient (Wildman–Crippen LogP) is 4.58. The number of hydrogen-bond acceptors (Lipinski definition) is 2. The minimum atomic E-state index is 0.363. The maximum Gasteiger partial charge on any atom is 0.0466 e. The molecule has 2 rings (SSSR count). The van der Waals surface area contributed by atoms with Gasteiger partial charge in [0.25, 0.3) is 0 Å². The molecule has 0 amide bonds. The molecule has 2 heteroatoms. The molecule has 1 N–H and O–H groups in total. The normalized spacial score (nSPS) is 24.6. The van der Waals surface area contributed by atoms with Crippen LogP contribution in [0.15, 0.2) is 24.3 Å². The van der Waals surface area contributed by atoms with E-state index in [1.807, 2.05) is 0 Å². The predicted molar refractivity (Wildman–Crippen MR) is 87.0 cm³/mol. The summed E-state index contributed by atoms with van der Waals surface area (Å²) < 4.78 is 0.363. The van der Waals surface area contributed by atoms with Gasteiger partial charge >= 0.3 is 0 Å². The van der Waals surface area contributed by atoms with Gasteiger partial charge in [-0.1, -0.05) is 38.1 Å². The SMILES string of the molecule is CCCNC(c1cccc(CC)c1)C1(C)CCCS1. The highest BCUT2D eigenvalue weighted by atomic mass is 32.2. The molecule has 0 saturated carbocycles. The summed E-state index contributed by atoms with van der Waals surface area (Å²) in [5.74, 6) is 1.31. The number of thioether (sulfide) groups is 1. The van der Waals surface area contributed by atoms with E-state index in [-0.39, 0.29) is 0 Å². The molecule has 0 aliphatic carbocycles. The summed E-state index contributed by atoms with van der Waals surface area (Å²) in [6.07, 6.45) is 5.01. The van der Waals surface area contributed by atoms with Crippen molar-refractivity contribution in [1.29, 1.82) is 0 Å². The monoisotopic (exact) mass is 277 g/mol. The molecular formula is C17H27NS. The van der Waals surface area contributed by atoms with Crippen molar-refractivity contribution in [1.82, 2.24) is 5.32 Å². The lowest BCUT2D eigenvalue weighted by molar-refractivity contribution is 0.413. The van der Waals surface area contributed by atoms with E-state index in [9.17, 15) is 0 Å². The number of benzene rings is 1. The Balaban J connectivity index is 2.25. The fourth-order valence-corrected chi connectivity index (χ4v) is 4.43. The lowest BCUT2D eigenvalue weighted by Gasteiger charge is -2.35. The van der Waals surface area contributed by atoms with E-state index in [1.165, 1.54) is 36.1 Å². The Bertz CT molecular complexity index is 396. The summed E-state index contributed by atoms with van der Waals surface area (Å²) in [4.78, 5) is 0. The van der Waals surface area contributed by atoms with Crippen LogP contribution in [0.4, 0.5) is 0 Å².